The van der Waals surface area contributed by atoms with Crippen molar-refractivity contribution in [1.82, 2.24) is 15.2 Å². The van der Waals surface area contributed by atoms with Crippen LogP contribution in [0.25, 0.3) is 10.9 Å². The second-order valence-corrected chi connectivity index (χ2v) is 6.17. The Labute approximate surface area is 124 Å². The van der Waals surface area contributed by atoms with Gasteiger partial charge in [-0.15, -0.1) is 0 Å². The average Bonchev–Trinajstić information content (AvgIpc) is 2.95. The minimum atomic E-state index is -0.342. The molecule has 0 spiro atoms. The number of nitrogens with zero attached hydrogens (tertiary/aromatic N) is 1. The van der Waals surface area contributed by atoms with Gasteiger partial charge in [0, 0.05) is 22.4 Å². The third-order valence-corrected chi connectivity index (χ3v) is 4.08. The lowest BCUT2D eigenvalue weighted by atomic mass is 10.2. The molecule has 0 unspecified atom stereocenters. The first-order chi connectivity index (χ1) is 9.52. The summed E-state index contributed by atoms with van der Waals surface area (Å²) in [5.74, 6) is -0.526. The van der Waals surface area contributed by atoms with Crippen LogP contribution in [0.1, 0.15) is 16.9 Å². The molecule has 4 nitrogen and oxygen atoms in total. The van der Waals surface area contributed by atoms with E-state index < -0.39 is 0 Å². The first-order valence-electron chi connectivity index (χ1n) is 6.50. The predicted molar refractivity (Wildman–Crippen MR) is 79.3 cm³/mol. The number of likely N-dealkylation sites (tertiary alicyclic amines) is 1. The van der Waals surface area contributed by atoms with Crippen LogP contribution in [0.3, 0.4) is 0 Å². The van der Waals surface area contributed by atoms with E-state index in [2.05, 4.69) is 31.1 Å². The van der Waals surface area contributed by atoms with E-state index in [4.69, 9.17) is 0 Å². The summed E-state index contributed by atoms with van der Waals surface area (Å²) < 4.78 is 14.4. The zero-order chi connectivity index (χ0) is 14.3. The Morgan fingerprint density at radius 1 is 1.50 bits per heavy atom. The van der Waals surface area contributed by atoms with Crippen LogP contribution in [-0.4, -0.2) is 42.0 Å². The molecule has 2 N–H and O–H groups in total. The summed E-state index contributed by atoms with van der Waals surface area (Å²) in [6.07, 6.45) is 0.947. The summed E-state index contributed by atoms with van der Waals surface area (Å²) in [5, 5.41) is 3.41. The molecule has 2 aromatic rings. The molecule has 1 fully saturated rings. The van der Waals surface area contributed by atoms with E-state index in [1.54, 1.807) is 12.1 Å². The van der Waals surface area contributed by atoms with Crippen molar-refractivity contribution in [2.24, 2.45) is 0 Å². The number of aromatic nitrogens is 1. The molecule has 0 bridgehead atoms. The Hall–Kier alpha value is -1.40. The molecule has 1 saturated heterocycles. The molecule has 1 aliphatic heterocycles. The van der Waals surface area contributed by atoms with E-state index >= 15 is 0 Å². The molecule has 106 valence electrons. The maximum absolute atomic E-state index is 13.8. The highest BCUT2D eigenvalue weighted by Gasteiger charge is 2.22. The van der Waals surface area contributed by atoms with Gasteiger partial charge in [0.25, 0.3) is 5.91 Å². The summed E-state index contributed by atoms with van der Waals surface area (Å²) in [7, 11) is 2.03. The predicted octanol–water partition coefficient (Wildman–Crippen LogP) is 2.50. The summed E-state index contributed by atoms with van der Waals surface area (Å²) in [5.41, 5.74) is 1.01. The summed E-state index contributed by atoms with van der Waals surface area (Å²) in [4.78, 5) is 17.3. The molecule has 3 rings (SSSR count). The molecule has 1 atom stereocenters. The highest BCUT2D eigenvalue weighted by molar-refractivity contribution is 9.10. The van der Waals surface area contributed by atoms with Gasteiger partial charge < -0.3 is 15.2 Å². The van der Waals surface area contributed by atoms with Crippen LogP contribution in [-0.2, 0) is 0 Å². The van der Waals surface area contributed by atoms with Crippen molar-refractivity contribution >= 4 is 32.7 Å². The second-order valence-electron chi connectivity index (χ2n) is 5.25. The third kappa shape index (κ3) is 2.58. The summed E-state index contributed by atoms with van der Waals surface area (Å²) >= 11 is 3.24. The van der Waals surface area contributed by atoms with E-state index in [1.165, 1.54) is 6.07 Å². The highest BCUT2D eigenvalue weighted by atomic mass is 79.9. The van der Waals surface area contributed by atoms with Gasteiger partial charge in [-0.3, -0.25) is 4.79 Å². The fourth-order valence-corrected chi connectivity index (χ4v) is 3.03. The number of aromatic amines is 1. The number of benzene rings is 1. The first-order valence-corrected chi connectivity index (χ1v) is 7.29. The number of fused-ring (bicyclic) bond motifs is 1. The normalized spacial score (nSPS) is 19.6. The minimum absolute atomic E-state index is 0.162. The van der Waals surface area contributed by atoms with Gasteiger partial charge in [0.1, 0.15) is 11.5 Å². The SMILES string of the molecule is CN1CC[C@@H](NC(=O)c2cc3c(F)cc(Br)cc3[nH]2)C1. The summed E-state index contributed by atoms with van der Waals surface area (Å²) in [6, 6.07) is 4.88. The molecule has 1 aromatic carbocycles. The number of hydrogen-bond donors (Lipinski definition) is 2. The third-order valence-electron chi connectivity index (χ3n) is 3.62. The number of carbonyl (C=O) groups is 1. The van der Waals surface area contributed by atoms with Gasteiger partial charge in [0.05, 0.1) is 5.52 Å². The molecule has 1 amide bonds. The van der Waals surface area contributed by atoms with E-state index in [0.29, 0.717) is 21.1 Å². The minimum Gasteiger partial charge on any atom is -0.350 e. The largest absolute Gasteiger partial charge is 0.350 e. The van der Waals surface area contributed by atoms with Gasteiger partial charge in [-0.05, 0) is 38.2 Å². The van der Waals surface area contributed by atoms with Crippen molar-refractivity contribution in [1.29, 1.82) is 0 Å². The lowest BCUT2D eigenvalue weighted by molar-refractivity contribution is 0.0934. The van der Waals surface area contributed by atoms with Crippen LogP contribution in [0, 0.1) is 5.82 Å². The highest BCUT2D eigenvalue weighted by Crippen LogP contribution is 2.24. The van der Waals surface area contributed by atoms with Gasteiger partial charge in [0.2, 0.25) is 0 Å². The van der Waals surface area contributed by atoms with Crippen LogP contribution in [0.15, 0.2) is 22.7 Å². The zero-order valence-electron chi connectivity index (χ0n) is 11.0. The van der Waals surface area contributed by atoms with Crippen LogP contribution in [0.4, 0.5) is 4.39 Å². The fourth-order valence-electron chi connectivity index (χ4n) is 2.60. The second kappa shape index (κ2) is 5.18. The van der Waals surface area contributed by atoms with Crippen molar-refractivity contribution in [2.45, 2.75) is 12.5 Å². The van der Waals surface area contributed by atoms with Gasteiger partial charge in [-0.25, -0.2) is 4.39 Å². The first kappa shape index (κ1) is 13.6. The maximum Gasteiger partial charge on any atom is 0.267 e. The molecular formula is C14H15BrFN3O. The quantitative estimate of drug-likeness (QED) is 0.883. The van der Waals surface area contributed by atoms with Gasteiger partial charge in [-0.1, -0.05) is 15.9 Å². The Morgan fingerprint density at radius 3 is 3.00 bits per heavy atom. The number of H-pyrrole nitrogens is 1. The molecule has 2 heterocycles. The number of amides is 1. The Morgan fingerprint density at radius 2 is 2.30 bits per heavy atom. The Balaban J connectivity index is 1.83. The number of hydrogen-bond acceptors (Lipinski definition) is 2. The van der Waals surface area contributed by atoms with Crippen LogP contribution < -0.4 is 5.32 Å². The number of rotatable bonds is 2. The monoisotopic (exact) mass is 339 g/mol. The lowest BCUT2D eigenvalue weighted by Crippen LogP contribution is -2.36. The van der Waals surface area contributed by atoms with Crippen LogP contribution in [0.2, 0.25) is 0 Å². The van der Waals surface area contributed by atoms with Gasteiger partial charge >= 0.3 is 0 Å². The smallest absolute Gasteiger partial charge is 0.267 e. The molecule has 1 aliphatic rings. The lowest BCUT2D eigenvalue weighted by Gasteiger charge is -2.11. The number of halogens is 2. The molecule has 0 saturated carbocycles. The van der Waals surface area contributed by atoms with Crippen molar-refractivity contribution in [2.75, 3.05) is 20.1 Å². The van der Waals surface area contributed by atoms with Crippen LogP contribution >= 0.6 is 15.9 Å². The number of nitrogens with one attached hydrogen (secondary N) is 2. The fraction of sp³-hybridized carbons (Fsp3) is 0.357. The average molecular weight is 340 g/mol. The molecule has 1 aromatic heterocycles. The van der Waals surface area contributed by atoms with Crippen molar-refractivity contribution in [3.8, 4) is 0 Å². The number of likely N-dealkylation sites (N-methyl/N-ethyl adjacent to an activating group) is 1. The van der Waals surface area contributed by atoms with Crippen molar-refractivity contribution in [3.05, 3.63) is 34.2 Å². The Kier molecular flexibility index (Phi) is 3.52. The standard InChI is InChI=1S/C14H15BrFN3O/c1-19-3-2-9(7-19)17-14(20)13-6-10-11(16)4-8(15)5-12(10)18-13/h4-6,9,18H,2-3,7H2,1H3,(H,17,20)/t9-/m1/s1. The molecule has 20 heavy (non-hydrogen) atoms. The van der Waals surface area contributed by atoms with Gasteiger partial charge in [0.15, 0.2) is 0 Å². The maximum atomic E-state index is 13.8. The van der Waals surface area contributed by atoms with E-state index in [-0.39, 0.29) is 17.8 Å². The molecule has 0 aliphatic carbocycles. The van der Waals surface area contributed by atoms with E-state index in [1.807, 2.05) is 7.05 Å². The topological polar surface area (TPSA) is 48.1 Å². The molecule has 0 radical (unpaired) electrons. The molecular weight excluding hydrogens is 325 g/mol. The van der Waals surface area contributed by atoms with Crippen molar-refractivity contribution < 1.29 is 9.18 Å². The van der Waals surface area contributed by atoms with Gasteiger partial charge in [-0.2, -0.15) is 0 Å². The molecule has 6 heteroatoms. The zero-order valence-corrected chi connectivity index (χ0v) is 12.6. The van der Waals surface area contributed by atoms with Crippen LogP contribution in [0.5, 0.6) is 0 Å². The van der Waals surface area contributed by atoms with E-state index in [9.17, 15) is 9.18 Å². The summed E-state index contributed by atoms with van der Waals surface area (Å²) in [6.45, 7) is 1.84. The Bertz CT molecular complexity index is 670. The van der Waals surface area contributed by atoms with Crippen molar-refractivity contribution in [3.63, 3.8) is 0 Å². The number of carbonyl (C=O) groups excluding carboxylic acids is 1. The van der Waals surface area contributed by atoms with E-state index in [0.717, 1.165) is 19.5 Å².